The van der Waals surface area contributed by atoms with Gasteiger partial charge in [0.15, 0.2) is 11.5 Å². The molecule has 0 aromatic heterocycles. The third-order valence-corrected chi connectivity index (χ3v) is 6.52. The van der Waals surface area contributed by atoms with Crippen molar-refractivity contribution in [2.75, 3.05) is 39.4 Å². The molecule has 8 nitrogen and oxygen atoms in total. The molecular weight excluding hydrogens is 484 g/mol. The van der Waals surface area contributed by atoms with Crippen LogP contribution in [0.2, 0.25) is 5.02 Å². The summed E-state index contributed by atoms with van der Waals surface area (Å²) in [6.07, 6.45) is 0. The Morgan fingerprint density at radius 3 is 2.36 bits per heavy atom. The normalized spacial score (nSPS) is 17.2. The molecule has 1 fully saturated rings. The van der Waals surface area contributed by atoms with E-state index in [-0.39, 0.29) is 40.0 Å². The fraction of sp³-hybridized carbons (Fsp3) is 0.407. The zero-order chi connectivity index (χ0) is 26.4. The predicted molar refractivity (Wildman–Crippen MR) is 139 cm³/mol. The molecule has 0 bridgehead atoms. The Bertz CT molecular complexity index is 1150. The van der Waals surface area contributed by atoms with Crippen LogP contribution >= 0.6 is 11.6 Å². The molecule has 36 heavy (non-hydrogen) atoms. The molecule has 0 radical (unpaired) electrons. The maximum Gasteiger partial charge on any atom is 0.295 e. The molecule has 1 saturated heterocycles. The molecule has 1 heterocycles. The molecule has 2 N–H and O–H groups in total. The van der Waals surface area contributed by atoms with Gasteiger partial charge in [-0.2, -0.15) is 0 Å². The first kappa shape index (κ1) is 27.4. The second-order valence-electron chi connectivity index (χ2n) is 8.25. The molecule has 9 heteroatoms. The van der Waals surface area contributed by atoms with Crippen molar-refractivity contribution in [3.63, 3.8) is 0 Å². The SMILES string of the molecule is CCOc1ccc(Cl)c(/C(O)=C2\C(=O)C(=O)N(CCN(CC)CC)C2c2ccc(O)c(OCC)c2)c1. The number of likely N-dealkylation sites (N-methyl/N-ethyl adjacent to an activating group) is 1. The zero-order valence-electron chi connectivity index (χ0n) is 21.1. The largest absolute Gasteiger partial charge is 0.507 e. The Kier molecular flexibility index (Phi) is 9.23. The van der Waals surface area contributed by atoms with Crippen molar-refractivity contribution in [3.8, 4) is 17.2 Å². The number of Topliss-reactive ketones (excluding diaryl/α,β-unsaturated/α-hetero) is 1. The van der Waals surface area contributed by atoms with Gasteiger partial charge in [-0.05, 0) is 62.8 Å². The number of nitrogens with zero attached hydrogens (tertiary/aromatic N) is 2. The van der Waals surface area contributed by atoms with Crippen molar-refractivity contribution in [1.82, 2.24) is 9.80 Å². The number of hydrogen-bond acceptors (Lipinski definition) is 7. The van der Waals surface area contributed by atoms with E-state index < -0.39 is 17.7 Å². The van der Waals surface area contributed by atoms with Gasteiger partial charge in [-0.3, -0.25) is 9.59 Å². The topological polar surface area (TPSA) is 99.5 Å². The van der Waals surface area contributed by atoms with Crippen LogP contribution in [-0.2, 0) is 9.59 Å². The number of carbonyl (C=O) groups is 2. The summed E-state index contributed by atoms with van der Waals surface area (Å²) in [4.78, 5) is 30.1. The highest BCUT2D eigenvalue weighted by molar-refractivity contribution is 6.47. The van der Waals surface area contributed by atoms with Gasteiger partial charge in [-0.25, -0.2) is 0 Å². The van der Waals surface area contributed by atoms with E-state index in [4.69, 9.17) is 21.1 Å². The van der Waals surface area contributed by atoms with Crippen LogP contribution in [0, 0.1) is 0 Å². The van der Waals surface area contributed by atoms with Crippen LogP contribution in [0.25, 0.3) is 5.76 Å². The monoisotopic (exact) mass is 516 g/mol. The number of benzene rings is 2. The van der Waals surface area contributed by atoms with Crippen molar-refractivity contribution < 1.29 is 29.3 Å². The zero-order valence-corrected chi connectivity index (χ0v) is 21.8. The molecular formula is C27H33ClN2O6. The highest BCUT2D eigenvalue weighted by Crippen LogP contribution is 2.43. The van der Waals surface area contributed by atoms with Crippen molar-refractivity contribution in [2.45, 2.75) is 33.7 Å². The molecule has 194 valence electrons. The summed E-state index contributed by atoms with van der Waals surface area (Å²) in [5, 5.41) is 21.8. The molecule has 1 aliphatic rings. The van der Waals surface area contributed by atoms with Crippen molar-refractivity contribution in [3.05, 3.63) is 58.1 Å². The van der Waals surface area contributed by atoms with Crippen LogP contribution in [0.3, 0.4) is 0 Å². The van der Waals surface area contributed by atoms with Crippen LogP contribution < -0.4 is 9.47 Å². The number of likely N-dealkylation sites (tertiary alicyclic amines) is 1. The van der Waals surface area contributed by atoms with E-state index in [1.165, 1.54) is 11.0 Å². The Labute approximate surface area is 216 Å². The number of carbonyl (C=O) groups excluding carboxylic acids is 2. The van der Waals surface area contributed by atoms with E-state index in [2.05, 4.69) is 4.90 Å². The van der Waals surface area contributed by atoms with Gasteiger partial charge in [0.2, 0.25) is 0 Å². The second kappa shape index (κ2) is 12.1. The molecule has 0 aliphatic carbocycles. The predicted octanol–water partition coefficient (Wildman–Crippen LogP) is 4.61. The molecule has 0 spiro atoms. The minimum absolute atomic E-state index is 0.0619. The Morgan fingerprint density at radius 1 is 1.03 bits per heavy atom. The van der Waals surface area contributed by atoms with Crippen LogP contribution in [-0.4, -0.2) is 71.1 Å². The van der Waals surface area contributed by atoms with Gasteiger partial charge < -0.3 is 29.5 Å². The highest BCUT2D eigenvalue weighted by Gasteiger charge is 2.46. The molecule has 1 aliphatic heterocycles. The van der Waals surface area contributed by atoms with Gasteiger partial charge in [-0.1, -0.05) is 31.5 Å². The summed E-state index contributed by atoms with van der Waals surface area (Å²) in [6.45, 7) is 10.8. The van der Waals surface area contributed by atoms with Gasteiger partial charge in [-0.15, -0.1) is 0 Å². The van der Waals surface area contributed by atoms with Gasteiger partial charge in [0.05, 0.1) is 29.9 Å². The third-order valence-electron chi connectivity index (χ3n) is 6.19. The number of aliphatic hydroxyl groups excluding tert-OH is 1. The molecule has 2 aromatic rings. The molecule has 1 unspecified atom stereocenters. The lowest BCUT2D eigenvalue weighted by Gasteiger charge is -2.28. The smallest absolute Gasteiger partial charge is 0.295 e. The van der Waals surface area contributed by atoms with Crippen molar-refractivity contribution in [1.29, 1.82) is 0 Å². The Hall–Kier alpha value is -3.23. The fourth-order valence-corrected chi connectivity index (χ4v) is 4.51. The van der Waals surface area contributed by atoms with Crippen molar-refractivity contribution >= 4 is 29.1 Å². The first-order valence-corrected chi connectivity index (χ1v) is 12.5. The standard InChI is InChI=1S/C27H33ClN2O6/c1-5-29(6-2)13-14-30-24(17-9-12-21(31)22(15-17)36-8-4)23(26(33)27(30)34)25(32)19-16-18(35-7-3)10-11-20(19)28/h9-12,15-16,24,31-32H,5-8,13-14H2,1-4H3/b25-23+. The summed E-state index contributed by atoms with van der Waals surface area (Å²) < 4.78 is 11.1. The first-order chi connectivity index (χ1) is 17.3. The second-order valence-corrected chi connectivity index (χ2v) is 8.66. The van der Waals surface area contributed by atoms with E-state index >= 15 is 0 Å². The number of amides is 1. The molecule has 2 aromatic carbocycles. The quantitative estimate of drug-likeness (QED) is 0.255. The average Bonchev–Trinajstić information content (AvgIpc) is 3.12. The number of aliphatic hydroxyl groups is 1. The van der Waals surface area contributed by atoms with Crippen molar-refractivity contribution in [2.24, 2.45) is 0 Å². The van der Waals surface area contributed by atoms with Gasteiger partial charge in [0.1, 0.15) is 11.5 Å². The number of rotatable bonds is 11. The summed E-state index contributed by atoms with van der Waals surface area (Å²) in [5.74, 6) is -1.27. The third kappa shape index (κ3) is 5.60. The maximum atomic E-state index is 13.3. The Morgan fingerprint density at radius 2 is 1.72 bits per heavy atom. The minimum Gasteiger partial charge on any atom is -0.507 e. The van der Waals surface area contributed by atoms with Crippen LogP contribution in [0.1, 0.15) is 44.9 Å². The fourth-order valence-electron chi connectivity index (χ4n) is 4.31. The number of aromatic hydroxyl groups is 1. The van der Waals surface area contributed by atoms with E-state index in [1.807, 2.05) is 20.8 Å². The van der Waals surface area contributed by atoms with Crippen LogP contribution in [0.4, 0.5) is 0 Å². The minimum atomic E-state index is -0.896. The summed E-state index contributed by atoms with van der Waals surface area (Å²) in [5.41, 5.74) is 0.634. The molecule has 1 amide bonds. The van der Waals surface area contributed by atoms with E-state index in [9.17, 15) is 19.8 Å². The summed E-state index contributed by atoms with van der Waals surface area (Å²) in [6, 6.07) is 8.54. The maximum absolute atomic E-state index is 13.3. The lowest BCUT2D eigenvalue weighted by Crippen LogP contribution is -2.38. The van der Waals surface area contributed by atoms with Gasteiger partial charge in [0, 0.05) is 18.7 Å². The number of hydrogen-bond donors (Lipinski definition) is 2. The number of phenolic OH excluding ortho intramolecular Hbond substituents is 1. The molecule has 3 rings (SSSR count). The van der Waals surface area contributed by atoms with E-state index in [0.717, 1.165) is 13.1 Å². The van der Waals surface area contributed by atoms with Gasteiger partial charge >= 0.3 is 0 Å². The lowest BCUT2D eigenvalue weighted by atomic mass is 9.95. The van der Waals surface area contributed by atoms with Gasteiger partial charge in [0.25, 0.3) is 11.7 Å². The number of halogens is 1. The molecule has 1 atom stereocenters. The summed E-state index contributed by atoms with van der Waals surface area (Å²) >= 11 is 6.39. The van der Waals surface area contributed by atoms with Crippen LogP contribution in [0.5, 0.6) is 17.2 Å². The first-order valence-electron chi connectivity index (χ1n) is 12.2. The molecule has 0 saturated carbocycles. The number of phenols is 1. The lowest BCUT2D eigenvalue weighted by molar-refractivity contribution is -0.140. The van der Waals surface area contributed by atoms with E-state index in [0.29, 0.717) is 31.1 Å². The van der Waals surface area contributed by atoms with E-state index in [1.54, 1.807) is 37.3 Å². The average molecular weight is 517 g/mol. The summed E-state index contributed by atoms with van der Waals surface area (Å²) in [7, 11) is 0. The highest BCUT2D eigenvalue weighted by atomic mass is 35.5. The Balaban J connectivity index is 2.19. The number of ketones is 1. The number of ether oxygens (including phenoxy) is 2. The van der Waals surface area contributed by atoms with Crippen LogP contribution in [0.15, 0.2) is 42.0 Å².